The Morgan fingerprint density at radius 1 is 1.20 bits per heavy atom. The van der Waals surface area contributed by atoms with Crippen LogP contribution in [0.1, 0.15) is 31.7 Å². The fourth-order valence-corrected chi connectivity index (χ4v) is 7.88. The van der Waals surface area contributed by atoms with Crippen molar-refractivity contribution in [3.8, 4) is 0 Å². The Balaban J connectivity index is 0.00000140. The molecule has 5 fully saturated rings. The highest BCUT2D eigenvalue weighted by molar-refractivity contribution is 5.85. The summed E-state index contributed by atoms with van der Waals surface area (Å²) in [6, 6.07) is 9.70. The Hall–Kier alpha value is -0.810. The minimum atomic E-state index is -0.319. The molecule has 10 atom stereocenters. The van der Waals surface area contributed by atoms with Gasteiger partial charge in [-0.25, -0.2) is 0 Å². The van der Waals surface area contributed by atoms with Crippen LogP contribution in [0.2, 0.25) is 0 Å². The summed E-state index contributed by atoms with van der Waals surface area (Å²) in [7, 11) is 2.19. The summed E-state index contributed by atoms with van der Waals surface area (Å²) in [5.74, 6) is 1.14. The molecular weight excluding hydrogens is 336 g/mol. The van der Waals surface area contributed by atoms with Gasteiger partial charge in [0.1, 0.15) is 6.23 Å². The normalized spacial score (nSPS) is 53.6. The largest absolute Gasteiger partial charge is 0.392 e. The van der Waals surface area contributed by atoms with Crippen molar-refractivity contribution < 1.29 is 10.2 Å². The third-order valence-electron chi connectivity index (χ3n) is 8.46. The van der Waals surface area contributed by atoms with E-state index in [2.05, 4.69) is 48.0 Å². The lowest BCUT2D eigenvalue weighted by atomic mass is 9.62. The van der Waals surface area contributed by atoms with Crippen molar-refractivity contribution in [2.45, 2.75) is 62.1 Å². The van der Waals surface area contributed by atoms with Gasteiger partial charge in [-0.15, -0.1) is 12.4 Å². The summed E-state index contributed by atoms with van der Waals surface area (Å²) in [5.41, 5.74) is 2.51. The lowest BCUT2D eigenvalue weighted by molar-refractivity contribution is -0.211. The molecule has 1 unspecified atom stereocenters. The third kappa shape index (κ3) is 1.50. The number of aliphatic hydroxyl groups is 2. The van der Waals surface area contributed by atoms with Gasteiger partial charge in [0.15, 0.2) is 0 Å². The Morgan fingerprint density at radius 2 is 1.96 bits per heavy atom. The number of nitrogens with zero attached hydrogens (tertiary/aromatic N) is 2. The summed E-state index contributed by atoms with van der Waals surface area (Å²) in [5, 5.41) is 22.6. The van der Waals surface area contributed by atoms with Gasteiger partial charge in [-0.3, -0.25) is 4.90 Å². The molecule has 0 aromatic heterocycles. The lowest BCUT2D eigenvalue weighted by Crippen LogP contribution is -2.72. The molecule has 1 saturated carbocycles. The maximum absolute atomic E-state index is 11.6. The van der Waals surface area contributed by atoms with E-state index in [0.29, 0.717) is 35.9 Å². The smallest absolute Gasteiger partial charge is 0.111 e. The van der Waals surface area contributed by atoms with Crippen molar-refractivity contribution in [2.75, 3.05) is 11.9 Å². The number of likely N-dealkylation sites (N-methyl/N-ethyl adjacent to an activating group) is 1. The van der Waals surface area contributed by atoms with E-state index in [0.717, 1.165) is 19.3 Å². The van der Waals surface area contributed by atoms with Crippen LogP contribution in [-0.4, -0.2) is 52.6 Å². The average molecular weight is 363 g/mol. The zero-order valence-electron chi connectivity index (χ0n) is 14.7. The van der Waals surface area contributed by atoms with Crippen molar-refractivity contribution in [2.24, 2.45) is 17.8 Å². The molecular formula is C20H27ClN2O2. The average Bonchev–Trinajstić information content (AvgIpc) is 2.97. The van der Waals surface area contributed by atoms with Crippen LogP contribution in [0, 0.1) is 17.8 Å². The molecule has 7 rings (SSSR count). The second-order valence-corrected chi connectivity index (χ2v) is 8.81. The first-order chi connectivity index (χ1) is 11.6. The first-order valence-electron chi connectivity index (χ1n) is 9.57. The van der Waals surface area contributed by atoms with Crippen LogP contribution >= 0.6 is 12.4 Å². The summed E-state index contributed by atoms with van der Waals surface area (Å²) >= 11 is 0. The Morgan fingerprint density at radius 3 is 2.72 bits per heavy atom. The number of rotatable bonds is 1. The van der Waals surface area contributed by atoms with E-state index in [-0.39, 0.29) is 30.2 Å². The zero-order chi connectivity index (χ0) is 16.4. The minimum absolute atomic E-state index is 0. The topological polar surface area (TPSA) is 46.9 Å². The Bertz CT molecular complexity index is 729. The van der Waals surface area contributed by atoms with Crippen LogP contribution in [0.25, 0.3) is 0 Å². The maximum Gasteiger partial charge on any atom is 0.111 e. The van der Waals surface area contributed by atoms with Gasteiger partial charge in [0, 0.05) is 42.1 Å². The van der Waals surface area contributed by atoms with Crippen molar-refractivity contribution >= 4 is 18.1 Å². The fraction of sp³-hybridized carbons (Fsp3) is 0.700. The van der Waals surface area contributed by atoms with Gasteiger partial charge >= 0.3 is 0 Å². The van der Waals surface area contributed by atoms with Gasteiger partial charge in [0.25, 0.3) is 0 Å². The predicted molar refractivity (Wildman–Crippen MR) is 99.0 cm³/mol. The predicted octanol–water partition coefficient (Wildman–Crippen LogP) is 1.98. The number of fused-ring (bicyclic) bond motifs is 2. The SMILES string of the molecule is CC[C@H]1[C@@H]2C[C@H]3[C@@H]4N(C)c5ccccc5[C@]45C[C@@H]([C@@H]2[C@H]5O)N3[C@@H]1O.Cl. The molecule has 25 heavy (non-hydrogen) atoms. The van der Waals surface area contributed by atoms with Gasteiger partial charge in [-0.1, -0.05) is 25.1 Å². The monoisotopic (exact) mass is 362 g/mol. The third-order valence-corrected chi connectivity index (χ3v) is 8.46. The van der Waals surface area contributed by atoms with Gasteiger partial charge in [-0.05, 0) is 36.8 Å². The highest BCUT2D eigenvalue weighted by atomic mass is 35.5. The minimum Gasteiger partial charge on any atom is -0.392 e. The van der Waals surface area contributed by atoms with E-state index in [1.165, 1.54) is 11.3 Å². The Kier molecular flexibility index (Phi) is 3.22. The number of halogens is 1. The van der Waals surface area contributed by atoms with Crippen molar-refractivity contribution in [1.29, 1.82) is 0 Å². The van der Waals surface area contributed by atoms with Gasteiger partial charge in [0.2, 0.25) is 0 Å². The number of para-hydroxylation sites is 1. The molecule has 136 valence electrons. The number of hydrogen-bond acceptors (Lipinski definition) is 4. The van der Waals surface area contributed by atoms with Crippen LogP contribution in [0.15, 0.2) is 24.3 Å². The number of piperidine rings is 4. The first-order valence-corrected chi connectivity index (χ1v) is 9.57. The summed E-state index contributed by atoms with van der Waals surface area (Å²) in [6.07, 6.45) is 2.56. The highest BCUT2D eigenvalue weighted by Crippen LogP contribution is 2.68. The lowest BCUT2D eigenvalue weighted by Gasteiger charge is -2.62. The van der Waals surface area contributed by atoms with Crippen LogP contribution in [0.3, 0.4) is 0 Å². The van der Waals surface area contributed by atoms with Crippen LogP contribution in [-0.2, 0) is 5.41 Å². The van der Waals surface area contributed by atoms with E-state index in [1.807, 2.05) is 0 Å². The molecule has 5 heterocycles. The second-order valence-electron chi connectivity index (χ2n) is 8.81. The molecule has 5 heteroatoms. The molecule has 5 aliphatic heterocycles. The number of aliphatic hydroxyl groups excluding tert-OH is 2. The molecule has 4 saturated heterocycles. The van der Waals surface area contributed by atoms with Crippen molar-refractivity contribution in [3.63, 3.8) is 0 Å². The van der Waals surface area contributed by atoms with E-state index < -0.39 is 0 Å². The van der Waals surface area contributed by atoms with Gasteiger partial charge in [0.05, 0.1) is 12.1 Å². The van der Waals surface area contributed by atoms with Crippen LogP contribution in [0.4, 0.5) is 5.69 Å². The van der Waals surface area contributed by atoms with Gasteiger partial charge < -0.3 is 15.1 Å². The number of benzene rings is 1. The van der Waals surface area contributed by atoms with E-state index in [1.54, 1.807) is 0 Å². The molecule has 0 radical (unpaired) electrons. The quantitative estimate of drug-likeness (QED) is 0.802. The first kappa shape index (κ1) is 16.4. The van der Waals surface area contributed by atoms with E-state index in [4.69, 9.17) is 0 Å². The van der Waals surface area contributed by atoms with E-state index >= 15 is 0 Å². The molecule has 2 N–H and O–H groups in total. The molecule has 1 aromatic rings. The molecule has 1 aliphatic carbocycles. The van der Waals surface area contributed by atoms with Crippen LogP contribution < -0.4 is 4.90 Å². The maximum atomic E-state index is 11.6. The Labute approximate surface area is 155 Å². The fourth-order valence-electron chi connectivity index (χ4n) is 7.88. The van der Waals surface area contributed by atoms with Crippen molar-refractivity contribution in [1.82, 2.24) is 4.90 Å². The van der Waals surface area contributed by atoms with Crippen molar-refractivity contribution in [3.05, 3.63) is 29.8 Å². The summed E-state index contributed by atoms with van der Waals surface area (Å²) in [6.45, 7) is 2.19. The highest BCUT2D eigenvalue weighted by Gasteiger charge is 2.76. The molecule has 4 nitrogen and oxygen atoms in total. The standard InChI is InChI=1S/C20H26N2O2.ClH/c1-3-10-11-8-14-17-20(12-6-4-5-7-13(12)21(17)2)9-15(16(11)18(20)23)22(14)19(10)24;/h4-7,10-11,14-19,23-24H,3,8-9H2,1-2H3;1H/t10-,11-,14-,15-,16+,17-,18+,19+,20+;/m0./s1. The summed E-state index contributed by atoms with van der Waals surface area (Å²) in [4.78, 5) is 4.83. The zero-order valence-corrected chi connectivity index (χ0v) is 15.6. The molecule has 0 amide bonds. The summed E-state index contributed by atoms with van der Waals surface area (Å²) < 4.78 is 0. The molecule has 1 aromatic carbocycles. The second kappa shape index (κ2) is 4.92. The van der Waals surface area contributed by atoms with Crippen LogP contribution in [0.5, 0.6) is 0 Å². The van der Waals surface area contributed by atoms with E-state index in [9.17, 15) is 10.2 Å². The molecule has 6 aliphatic rings. The van der Waals surface area contributed by atoms with Gasteiger partial charge in [-0.2, -0.15) is 0 Å². The molecule has 5 bridgehead atoms. The number of anilines is 1. The number of hydrogen-bond donors (Lipinski definition) is 2. The molecule has 1 spiro atoms.